The molecule has 1 heterocycles. The van der Waals surface area contributed by atoms with Crippen LogP contribution < -0.4 is 0 Å². The molecule has 0 aliphatic heterocycles. The topological polar surface area (TPSA) is 4.93 Å². The zero-order valence-electron chi connectivity index (χ0n) is 21.2. The molecule has 0 amide bonds. The average Bonchev–Trinajstić information content (AvgIpc) is 3.35. The van der Waals surface area contributed by atoms with Crippen molar-refractivity contribution in [2.24, 2.45) is 0 Å². The van der Waals surface area contributed by atoms with Gasteiger partial charge in [0.1, 0.15) is 0 Å². The quantitative estimate of drug-likeness (QED) is 0.211. The van der Waals surface area contributed by atoms with Gasteiger partial charge in [0.15, 0.2) is 0 Å². The summed E-state index contributed by atoms with van der Waals surface area (Å²) in [5.74, 6) is 0. The number of benzene rings is 8. The Morgan fingerprint density at radius 2 is 0.974 bits per heavy atom. The normalized spacial score (nSPS) is 12.1. The molecule has 9 aromatic rings. The van der Waals surface area contributed by atoms with Gasteiger partial charge in [-0.05, 0) is 66.9 Å². The summed E-state index contributed by atoms with van der Waals surface area (Å²) in [7, 11) is 0. The van der Waals surface area contributed by atoms with Crippen LogP contribution in [0, 0.1) is 0 Å². The minimum absolute atomic E-state index is 1.18. The van der Waals surface area contributed by atoms with E-state index < -0.39 is 0 Å². The number of aromatic nitrogens is 1. The van der Waals surface area contributed by atoms with Gasteiger partial charge >= 0.3 is 0 Å². The molecule has 0 aliphatic carbocycles. The number of fused-ring (bicyclic) bond motifs is 5. The van der Waals surface area contributed by atoms with Crippen molar-refractivity contribution < 1.29 is 0 Å². The van der Waals surface area contributed by atoms with Crippen LogP contribution >= 0.6 is 0 Å². The van der Waals surface area contributed by atoms with Crippen LogP contribution in [0.2, 0.25) is 0 Å². The van der Waals surface area contributed by atoms with E-state index in [9.17, 15) is 0 Å². The lowest BCUT2D eigenvalue weighted by molar-refractivity contribution is 1.18. The summed E-state index contributed by atoms with van der Waals surface area (Å²) in [6.45, 7) is 0. The van der Waals surface area contributed by atoms with Crippen molar-refractivity contribution in [3.63, 3.8) is 0 Å². The summed E-state index contributed by atoms with van der Waals surface area (Å²) >= 11 is 0. The summed E-state index contributed by atoms with van der Waals surface area (Å²) in [4.78, 5) is 0. The van der Waals surface area contributed by atoms with Crippen molar-refractivity contribution in [3.8, 4) is 16.8 Å². The molecule has 0 aliphatic rings. The lowest BCUT2D eigenvalue weighted by Gasteiger charge is -2.16. The van der Waals surface area contributed by atoms with Crippen molar-refractivity contribution >= 4 is 64.9 Å². The first-order chi connectivity index (χ1) is 19.4. The molecule has 0 bridgehead atoms. The van der Waals surface area contributed by atoms with Crippen molar-refractivity contribution in [2.45, 2.75) is 0 Å². The molecule has 180 valence electrons. The van der Waals surface area contributed by atoms with Crippen molar-refractivity contribution in [2.75, 3.05) is 0 Å². The van der Waals surface area contributed by atoms with E-state index in [2.05, 4.69) is 144 Å². The maximum atomic E-state index is 2.46. The second kappa shape index (κ2) is 7.69. The number of para-hydroxylation sites is 2. The number of rotatable bonds is 2. The summed E-state index contributed by atoms with van der Waals surface area (Å²) < 4.78 is 2.46. The first-order valence-corrected chi connectivity index (χ1v) is 13.5. The van der Waals surface area contributed by atoms with Crippen LogP contribution in [0.5, 0.6) is 0 Å². The zero-order chi connectivity index (χ0) is 25.5. The molecule has 0 spiro atoms. The Morgan fingerprint density at radius 1 is 0.333 bits per heavy atom. The molecule has 0 atom stereocenters. The third kappa shape index (κ3) is 2.79. The maximum Gasteiger partial charge on any atom is 0.0619 e. The van der Waals surface area contributed by atoms with Gasteiger partial charge in [-0.3, -0.25) is 0 Å². The van der Waals surface area contributed by atoms with Crippen molar-refractivity contribution in [3.05, 3.63) is 140 Å². The van der Waals surface area contributed by atoms with E-state index in [1.54, 1.807) is 0 Å². The maximum absolute atomic E-state index is 2.46. The van der Waals surface area contributed by atoms with E-state index >= 15 is 0 Å². The van der Waals surface area contributed by atoms with Crippen LogP contribution in [-0.4, -0.2) is 4.57 Å². The standard InChI is InChI=1S/C38H23N/c1-2-11-28(12-3-1)39-34-23-20-24-8-4-5-13-29(24)37(34)33-15-7-14-32(38(33)39)30-21-18-27-17-16-25-9-6-10-26-19-22-31(30)36(27)35(25)26/h1-23H. The predicted octanol–water partition coefficient (Wildman–Crippen LogP) is 10.5. The molecule has 0 N–H and O–H groups in total. The SMILES string of the molecule is c1ccc(-n2c3ccc4ccccc4c3c3cccc(-c4ccc5ccc6cccc7ccc4c5c67)c32)cc1. The van der Waals surface area contributed by atoms with Gasteiger partial charge < -0.3 is 4.57 Å². The molecule has 0 fully saturated rings. The molecule has 1 heteroatoms. The Bertz CT molecular complexity index is 2360. The van der Waals surface area contributed by atoms with Crippen LogP contribution in [0.15, 0.2) is 140 Å². The summed E-state index contributed by atoms with van der Waals surface area (Å²) in [6, 6.07) is 51.3. The molecular formula is C38H23N. The molecule has 1 aromatic heterocycles. The Balaban J connectivity index is 1.49. The third-order valence-corrected chi connectivity index (χ3v) is 8.51. The molecule has 9 rings (SSSR count). The summed E-state index contributed by atoms with van der Waals surface area (Å²) in [5.41, 5.74) is 6.20. The van der Waals surface area contributed by atoms with Gasteiger partial charge in [-0.1, -0.05) is 121 Å². The zero-order valence-corrected chi connectivity index (χ0v) is 21.2. The van der Waals surface area contributed by atoms with E-state index in [1.165, 1.54) is 81.7 Å². The minimum atomic E-state index is 1.18. The average molecular weight is 494 g/mol. The highest BCUT2D eigenvalue weighted by Crippen LogP contribution is 2.44. The van der Waals surface area contributed by atoms with E-state index in [0.717, 1.165) is 0 Å². The van der Waals surface area contributed by atoms with Crippen LogP contribution in [0.4, 0.5) is 0 Å². The molecule has 0 saturated heterocycles. The van der Waals surface area contributed by atoms with Gasteiger partial charge in [-0.25, -0.2) is 0 Å². The van der Waals surface area contributed by atoms with Gasteiger partial charge in [-0.15, -0.1) is 0 Å². The van der Waals surface area contributed by atoms with Crippen molar-refractivity contribution in [1.29, 1.82) is 0 Å². The molecule has 0 saturated carbocycles. The first kappa shape index (κ1) is 20.9. The number of hydrogen-bond donors (Lipinski definition) is 0. The second-order valence-corrected chi connectivity index (χ2v) is 10.5. The molecule has 8 aromatic carbocycles. The predicted molar refractivity (Wildman–Crippen MR) is 167 cm³/mol. The summed E-state index contributed by atoms with van der Waals surface area (Å²) in [5, 5.41) is 13.1. The second-order valence-electron chi connectivity index (χ2n) is 10.5. The van der Waals surface area contributed by atoms with Gasteiger partial charge in [-0.2, -0.15) is 0 Å². The van der Waals surface area contributed by atoms with Crippen LogP contribution in [0.3, 0.4) is 0 Å². The van der Waals surface area contributed by atoms with E-state index in [4.69, 9.17) is 0 Å². The largest absolute Gasteiger partial charge is 0.309 e. The Labute approximate surface area is 225 Å². The van der Waals surface area contributed by atoms with Gasteiger partial charge in [0.05, 0.1) is 11.0 Å². The highest BCUT2D eigenvalue weighted by Gasteiger charge is 2.20. The molecular weight excluding hydrogens is 470 g/mol. The Morgan fingerprint density at radius 3 is 1.85 bits per heavy atom. The first-order valence-electron chi connectivity index (χ1n) is 13.5. The fourth-order valence-corrected chi connectivity index (χ4v) is 6.87. The lowest BCUT2D eigenvalue weighted by Crippen LogP contribution is -1.95. The molecule has 0 unspecified atom stereocenters. The minimum Gasteiger partial charge on any atom is -0.309 e. The highest BCUT2D eigenvalue weighted by molar-refractivity contribution is 6.28. The fourth-order valence-electron chi connectivity index (χ4n) is 6.87. The lowest BCUT2D eigenvalue weighted by atomic mass is 9.89. The van der Waals surface area contributed by atoms with Crippen LogP contribution in [-0.2, 0) is 0 Å². The monoisotopic (exact) mass is 493 g/mol. The number of nitrogens with zero attached hydrogens (tertiary/aromatic N) is 1. The Hall–Kier alpha value is -5.14. The van der Waals surface area contributed by atoms with Crippen molar-refractivity contribution in [1.82, 2.24) is 4.57 Å². The Kier molecular flexibility index (Phi) is 4.11. The smallest absolute Gasteiger partial charge is 0.0619 e. The van der Waals surface area contributed by atoms with Gasteiger partial charge in [0.25, 0.3) is 0 Å². The van der Waals surface area contributed by atoms with Crippen LogP contribution in [0.25, 0.3) is 81.7 Å². The molecule has 0 radical (unpaired) electrons. The fraction of sp³-hybridized carbons (Fsp3) is 0. The van der Waals surface area contributed by atoms with Gasteiger partial charge in [0.2, 0.25) is 0 Å². The molecule has 39 heavy (non-hydrogen) atoms. The van der Waals surface area contributed by atoms with Crippen LogP contribution in [0.1, 0.15) is 0 Å². The summed E-state index contributed by atoms with van der Waals surface area (Å²) in [6.07, 6.45) is 0. The highest BCUT2D eigenvalue weighted by atomic mass is 15.0. The third-order valence-electron chi connectivity index (χ3n) is 8.51. The van der Waals surface area contributed by atoms with E-state index in [-0.39, 0.29) is 0 Å². The van der Waals surface area contributed by atoms with E-state index in [0.29, 0.717) is 0 Å². The number of hydrogen-bond acceptors (Lipinski definition) is 0. The molecule has 1 nitrogen and oxygen atoms in total. The van der Waals surface area contributed by atoms with E-state index in [1.807, 2.05) is 0 Å². The van der Waals surface area contributed by atoms with Gasteiger partial charge in [0, 0.05) is 22.0 Å².